The molecule has 0 heterocycles. The van der Waals surface area contributed by atoms with E-state index in [9.17, 15) is 0 Å². The van der Waals surface area contributed by atoms with Crippen molar-refractivity contribution in [2.24, 2.45) is 0 Å². The largest absolute Gasteiger partial charge is 0.311 e. The molecule has 0 saturated carbocycles. The number of rotatable bonds is 17. The molecule has 0 unspecified atom stereocenters. The molecule has 0 spiro atoms. The van der Waals surface area contributed by atoms with Gasteiger partial charge in [0.1, 0.15) is 0 Å². The van der Waals surface area contributed by atoms with E-state index in [1.54, 1.807) is 0 Å². The van der Waals surface area contributed by atoms with Gasteiger partial charge in [0, 0.05) is 68.1 Å². The van der Waals surface area contributed by atoms with E-state index >= 15 is 0 Å². The third kappa shape index (κ3) is 13.2. The zero-order valence-corrected chi connectivity index (χ0v) is 58.5. The minimum absolute atomic E-state index is 1.09. The number of fused-ring (bicyclic) bond motifs is 3. The summed E-state index contributed by atoms with van der Waals surface area (Å²) in [6, 6.07) is 161. The Morgan fingerprint density at radius 3 is 0.736 bits per heavy atom. The Hall–Kier alpha value is -14.1. The first-order valence-electron chi connectivity index (χ1n) is 36.2. The van der Waals surface area contributed by atoms with E-state index in [1.165, 1.54) is 76.8 Å². The molecule has 106 heavy (non-hydrogen) atoms. The molecule has 18 rings (SSSR count). The van der Waals surface area contributed by atoms with Gasteiger partial charge in [0.25, 0.3) is 0 Å². The van der Waals surface area contributed by atoms with Crippen LogP contribution in [0.15, 0.2) is 449 Å². The Kier molecular flexibility index (Phi) is 18.6. The van der Waals surface area contributed by atoms with Crippen LogP contribution < -0.4 is 19.6 Å². The monoisotopic (exact) mass is 1350 g/mol. The van der Waals surface area contributed by atoms with Crippen LogP contribution in [0, 0.1) is 0 Å². The SMILES string of the molecule is c1ccc(-c2c(-c3ccc(N(c4ccccc4)c4ccccc4)cc3)c(-c3ccc(N(c4ccccc4)c4ccccc4)cc3)c(-c3ccccc3)c3ccccc23)cc1.c1ccc(N(c2ccccc2)c2cc(-c3c(N(c4ccccc4)c4ccccc4)ccc4ccccc34)c3ccccc3c2)cc1. The summed E-state index contributed by atoms with van der Waals surface area (Å²) < 4.78 is 0. The van der Waals surface area contributed by atoms with E-state index in [4.69, 9.17) is 0 Å². The van der Waals surface area contributed by atoms with E-state index < -0.39 is 0 Å². The maximum atomic E-state index is 2.38. The van der Waals surface area contributed by atoms with E-state index in [0.717, 1.165) is 79.4 Å². The van der Waals surface area contributed by atoms with Crippen LogP contribution in [0.3, 0.4) is 0 Å². The van der Waals surface area contributed by atoms with Crippen LogP contribution in [0.1, 0.15) is 0 Å². The second-order valence-electron chi connectivity index (χ2n) is 26.3. The molecule has 0 aliphatic carbocycles. The molecule has 0 N–H and O–H groups in total. The highest BCUT2D eigenvalue weighted by Gasteiger charge is 2.27. The molecular weight excluding hydrogens is 1280 g/mol. The zero-order chi connectivity index (χ0) is 70.8. The third-order valence-electron chi connectivity index (χ3n) is 19.8. The van der Waals surface area contributed by atoms with Crippen LogP contribution >= 0.6 is 0 Å². The lowest BCUT2D eigenvalue weighted by atomic mass is 9.79. The molecule has 0 fully saturated rings. The van der Waals surface area contributed by atoms with Crippen molar-refractivity contribution in [1.29, 1.82) is 0 Å². The fraction of sp³-hybridized carbons (Fsp3) is 0. The highest BCUT2D eigenvalue weighted by molar-refractivity contribution is 6.19. The fourth-order valence-electron chi connectivity index (χ4n) is 15.1. The molecule has 4 nitrogen and oxygen atoms in total. The molecule has 0 aliphatic heterocycles. The molecule has 4 heteroatoms. The summed E-state index contributed by atoms with van der Waals surface area (Å²) in [4.78, 5) is 9.38. The number of nitrogens with zero attached hydrogens (tertiary/aromatic N) is 4. The van der Waals surface area contributed by atoms with Gasteiger partial charge in [0.05, 0.1) is 5.69 Å². The lowest BCUT2D eigenvalue weighted by Crippen LogP contribution is -2.12. The van der Waals surface area contributed by atoms with Crippen LogP contribution in [0.25, 0.3) is 88.0 Å². The van der Waals surface area contributed by atoms with Gasteiger partial charge in [-0.05, 0) is 222 Å². The highest BCUT2D eigenvalue weighted by atomic mass is 15.2. The topological polar surface area (TPSA) is 13.0 Å². The van der Waals surface area contributed by atoms with Crippen molar-refractivity contribution in [2.75, 3.05) is 19.6 Å². The van der Waals surface area contributed by atoms with Crippen molar-refractivity contribution >= 4 is 101 Å². The smallest absolute Gasteiger partial charge is 0.0546 e. The maximum absolute atomic E-state index is 2.38. The number of benzene rings is 18. The van der Waals surface area contributed by atoms with Crippen molar-refractivity contribution in [3.05, 3.63) is 449 Å². The molecule has 0 saturated heterocycles. The number of hydrogen-bond acceptors (Lipinski definition) is 4. The van der Waals surface area contributed by atoms with Crippen molar-refractivity contribution in [2.45, 2.75) is 0 Å². The van der Waals surface area contributed by atoms with Crippen LogP contribution in [0.4, 0.5) is 68.2 Å². The first-order valence-corrected chi connectivity index (χ1v) is 36.2. The van der Waals surface area contributed by atoms with E-state index in [2.05, 4.69) is 469 Å². The van der Waals surface area contributed by atoms with Crippen LogP contribution in [-0.4, -0.2) is 0 Å². The fourth-order valence-corrected chi connectivity index (χ4v) is 15.1. The molecule has 0 bridgehead atoms. The normalized spacial score (nSPS) is 11.0. The molecular formula is C102H74N4. The summed E-state index contributed by atoms with van der Waals surface area (Å²) in [5.41, 5.74) is 25.2. The van der Waals surface area contributed by atoms with Crippen molar-refractivity contribution in [3.63, 3.8) is 0 Å². The van der Waals surface area contributed by atoms with E-state index in [0.29, 0.717) is 0 Å². The molecule has 0 amide bonds. The van der Waals surface area contributed by atoms with Crippen LogP contribution in [0.5, 0.6) is 0 Å². The average Bonchev–Trinajstić information content (AvgIpc) is 0.734. The van der Waals surface area contributed by atoms with Gasteiger partial charge in [-0.1, -0.05) is 309 Å². The predicted octanol–water partition coefficient (Wildman–Crippen LogP) is 29.0. The number of anilines is 12. The summed E-state index contributed by atoms with van der Waals surface area (Å²) in [6.07, 6.45) is 0. The summed E-state index contributed by atoms with van der Waals surface area (Å²) in [5, 5.41) is 7.26. The molecule has 18 aromatic carbocycles. The third-order valence-corrected chi connectivity index (χ3v) is 19.8. The van der Waals surface area contributed by atoms with Gasteiger partial charge >= 0.3 is 0 Å². The molecule has 0 aliphatic rings. The zero-order valence-electron chi connectivity index (χ0n) is 58.5. The van der Waals surface area contributed by atoms with Gasteiger partial charge in [-0.2, -0.15) is 0 Å². The summed E-state index contributed by atoms with van der Waals surface area (Å²) in [7, 11) is 0. The lowest BCUT2D eigenvalue weighted by Gasteiger charge is -2.30. The van der Waals surface area contributed by atoms with Gasteiger partial charge in [0.2, 0.25) is 0 Å². The standard InChI is InChI=1S/C58H42N2.C44H32N2/c1-7-21-43(22-8-1)55-53-33-19-20-34-54(53)56(44-23-9-2-10-24-44)58(46-37-41-52(42-38-46)60(49-29-15-5-16-30-49)50-31-17-6-18-32-50)57(55)45-35-39-51(40-36-45)59(47-25-11-3-12-26-47)48-27-13-4-14-28-48;1-5-19-35(20-6-1)45(36-21-7-2-8-22-36)39-31-34-18-14-15-27-40(34)42(32-39)44-41-28-16-13-17-33(41)29-30-43(44)46(37-23-9-3-10-24-37)38-25-11-4-12-26-38/h1-42H;1-32H. The summed E-state index contributed by atoms with van der Waals surface area (Å²) in [5.74, 6) is 0. The van der Waals surface area contributed by atoms with Gasteiger partial charge in [-0.25, -0.2) is 0 Å². The predicted molar refractivity (Wildman–Crippen MR) is 451 cm³/mol. The van der Waals surface area contributed by atoms with E-state index in [-0.39, 0.29) is 0 Å². The molecule has 0 aromatic heterocycles. The minimum atomic E-state index is 1.09. The average molecular weight is 1360 g/mol. The molecule has 0 atom stereocenters. The van der Waals surface area contributed by atoms with Gasteiger partial charge in [-0.3, -0.25) is 0 Å². The van der Waals surface area contributed by atoms with Crippen LogP contribution in [-0.2, 0) is 0 Å². The molecule has 18 aromatic rings. The summed E-state index contributed by atoms with van der Waals surface area (Å²) in [6.45, 7) is 0. The Labute approximate surface area is 620 Å². The Morgan fingerprint density at radius 1 is 0.132 bits per heavy atom. The first kappa shape index (κ1) is 65.3. The molecule has 502 valence electrons. The lowest BCUT2D eigenvalue weighted by molar-refractivity contribution is 1.28. The number of hydrogen-bond donors (Lipinski definition) is 0. The minimum Gasteiger partial charge on any atom is -0.311 e. The Morgan fingerprint density at radius 2 is 0.387 bits per heavy atom. The maximum Gasteiger partial charge on any atom is 0.0546 e. The summed E-state index contributed by atoms with van der Waals surface area (Å²) >= 11 is 0. The van der Waals surface area contributed by atoms with Gasteiger partial charge in [-0.15, -0.1) is 0 Å². The van der Waals surface area contributed by atoms with Crippen molar-refractivity contribution < 1.29 is 0 Å². The second-order valence-corrected chi connectivity index (χ2v) is 26.3. The van der Waals surface area contributed by atoms with Gasteiger partial charge < -0.3 is 19.6 Å². The van der Waals surface area contributed by atoms with Crippen molar-refractivity contribution in [3.8, 4) is 55.6 Å². The van der Waals surface area contributed by atoms with Gasteiger partial charge in [0.15, 0.2) is 0 Å². The van der Waals surface area contributed by atoms with Crippen molar-refractivity contribution in [1.82, 2.24) is 0 Å². The number of para-hydroxylation sites is 8. The quantitative estimate of drug-likeness (QED) is 0.0901. The highest BCUT2D eigenvalue weighted by Crippen LogP contribution is 2.53. The Balaban J connectivity index is 0.000000162. The molecule has 0 radical (unpaired) electrons. The first-order chi connectivity index (χ1) is 52.7. The second kappa shape index (κ2) is 30.3. The Bertz CT molecular complexity index is 5590. The van der Waals surface area contributed by atoms with Crippen LogP contribution in [0.2, 0.25) is 0 Å². The van der Waals surface area contributed by atoms with E-state index in [1.807, 2.05) is 0 Å².